The Hall–Kier alpha value is -2.32. The van der Waals surface area contributed by atoms with E-state index in [4.69, 9.17) is 16.6 Å². The fraction of sp³-hybridized carbons (Fsp3) is 0. The summed E-state index contributed by atoms with van der Waals surface area (Å²) in [5.41, 5.74) is 2.94. The van der Waals surface area contributed by atoms with Crippen molar-refractivity contribution in [2.24, 2.45) is 0 Å². The summed E-state index contributed by atoms with van der Waals surface area (Å²) in [5, 5.41) is 3.08. The van der Waals surface area contributed by atoms with E-state index in [1.165, 1.54) is 5.39 Å². The number of aromatic nitrogens is 2. The molecular weight excluding hydrogens is 268 g/mol. The minimum Gasteiger partial charge on any atom is -0.306 e. The summed E-state index contributed by atoms with van der Waals surface area (Å²) in [6.07, 6.45) is 4.08. The fourth-order valence-corrected chi connectivity index (χ4v) is 2.69. The molecule has 96 valence electrons. The molecule has 20 heavy (non-hydrogen) atoms. The maximum atomic E-state index is 6.05. The Kier molecular flexibility index (Phi) is 2.51. The third-order valence-corrected chi connectivity index (χ3v) is 3.70. The number of hydrogen-bond donors (Lipinski definition) is 0. The number of pyridine rings is 1. The molecule has 0 amide bonds. The van der Waals surface area contributed by atoms with E-state index in [9.17, 15) is 0 Å². The lowest BCUT2D eigenvalue weighted by atomic mass is 10.2. The maximum Gasteiger partial charge on any atom is 0.145 e. The molecule has 0 fully saturated rings. The van der Waals surface area contributed by atoms with Crippen molar-refractivity contribution in [3.05, 3.63) is 72.0 Å². The zero-order chi connectivity index (χ0) is 13.5. The predicted molar refractivity (Wildman–Crippen MR) is 83.1 cm³/mol. The third-order valence-electron chi connectivity index (χ3n) is 3.47. The van der Waals surface area contributed by atoms with Crippen LogP contribution in [0.1, 0.15) is 0 Å². The minimum atomic E-state index is 0.726. The van der Waals surface area contributed by atoms with E-state index in [1.807, 2.05) is 48.8 Å². The van der Waals surface area contributed by atoms with Crippen LogP contribution < -0.4 is 0 Å². The van der Waals surface area contributed by atoms with Crippen LogP contribution in [0.4, 0.5) is 0 Å². The van der Waals surface area contributed by atoms with Crippen molar-refractivity contribution in [3.8, 4) is 11.3 Å². The molecule has 0 aliphatic rings. The first-order valence-electron chi connectivity index (χ1n) is 6.44. The Balaban J connectivity index is 2.01. The maximum absolute atomic E-state index is 6.05. The molecule has 0 atom stereocenters. The summed E-state index contributed by atoms with van der Waals surface area (Å²) < 4.78 is 2.05. The zero-order valence-corrected chi connectivity index (χ0v) is 11.4. The molecule has 3 heteroatoms. The van der Waals surface area contributed by atoms with Gasteiger partial charge in [-0.25, -0.2) is 4.98 Å². The highest BCUT2D eigenvalue weighted by Gasteiger charge is 2.07. The molecule has 0 spiro atoms. The van der Waals surface area contributed by atoms with Gasteiger partial charge in [0.2, 0.25) is 0 Å². The van der Waals surface area contributed by atoms with E-state index in [0.29, 0.717) is 0 Å². The first kappa shape index (κ1) is 11.5. The molecule has 2 aromatic carbocycles. The van der Waals surface area contributed by atoms with Gasteiger partial charge in [-0.1, -0.05) is 48.0 Å². The summed E-state index contributed by atoms with van der Waals surface area (Å²) in [6.45, 7) is 0. The van der Waals surface area contributed by atoms with E-state index < -0.39 is 0 Å². The quantitative estimate of drug-likeness (QED) is 0.488. The lowest BCUT2D eigenvalue weighted by Gasteiger charge is -1.98. The van der Waals surface area contributed by atoms with E-state index in [1.54, 1.807) is 0 Å². The average molecular weight is 279 g/mol. The molecule has 0 N–H and O–H groups in total. The summed E-state index contributed by atoms with van der Waals surface area (Å²) >= 11 is 6.05. The molecule has 2 heterocycles. The molecule has 4 rings (SSSR count). The highest BCUT2D eigenvalue weighted by Crippen LogP contribution is 2.25. The average Bonchev–Trinajstić information content (AvgIpc) is 2.92. The Morgan fingerprint density at radius 3 is 2.75 bits per heavy atom. The molecule has 0 aliphatic heterocycles. The molecule has 0 bridgehead atoms. The van der Waals surface area contributed by atoms with Crippen LogP contribution in [0.2, 0.25) is 5.02 Å². The second kappa shape index (κ2) is 4.36. The second-order valence-electron chi connectivity index (χ2n) is 4.77. The first-order valence-corrected chi connectivity index (χ1v) is 6.81. The van der Waals surface area contributed by atoms with Gasteiger partial charge in [-0.05, 0) is 23.6 Å². The topological polar surface area (TPSA) is 17.3 Å². The van der Waals surface area contributed by atoms with Gasteiger partial charge in [-0.15, -0.1) is 0 Å². The van der Waals surface area contributed by atoms with Crippen molar-refractivity contribution in [3.63, 3.8) is 0 Å². The number of imidazole rings is 1. The highest BCUT2D eigenvalue weighted by molar-refractivity contribution is 6.30. The summed E-state index contributed by atoms with van der Waals surface area (Å²) in [6, 6.07) is 18.2. The standard InChI is InChI=1S/C17H11ClN2/c18-14-6-3-5-13(10-14)16-11-20-9-8-12-4-1-2-7-15(12)17(20)19-16/h1-11H. The molecular formula is C17H11ClN2. The van der Waals surface area contributed by atoms with E-state index in [0.717, 1.165) is 27.3 Å². The molecule has 2 aromatic heterocycles. The predicted octanol–water partition coefficient (Wildman–Crippen LogP) is 4.81. The molecule has 2 nitrogen and oxygen atoms in total. The Labute approximate surface area is 121 Å². The van der Waals surface area contributed by atoms with Gasteiger partial charge in [0.15, 0.2) is 0 Å². The van der Waals surface area contributed by atoms with Crippen LogP contribution >= 0.6 is 11.6 Å². The van der Waals surface area contributed by atoms with Crippen molar-refractivity contribution < 1.29 is 0 Å². The second-order valence-corrected chi connectivity index (χ2v) is 5.21. The summed E-state index contributed by atoms with van der Waals surface area (Å²) in [4.78, 5) is 4.76. The van der Waals surface area contributed by atoms with Crippen molar-refractivity contribution >= 4 is 28.0 Å². The summed E-state index contributed by atoms with van der Waals surface area (Å²) in [7, 11) is 0. The molecule has 0 saturated heterocycles. The molecule has 4 aromatic rings. The minimum absolute atomic E-state index is 0.726. The van der Waals surface area contributed by atoms with Gasteiger partial charge >= 0.3 is 0 Å². The normalized spacial score (nSPS) is 11.2. The van der Waals surface area contributed by atoms with Crippen molar-refractivity contribution in [2.75, 3.05) is 0 Å². The van der Waals surface area contributed by atoms with Crippen LogP contribution in [0.3, 0.4) is 0 Å². The largest absolute Gasteiger partial charge is 0.306 e. The molecule has 0 aliphatic carbocycles. The van der Waals surface area contributed by atoms with E-state index in [2.05, 4.69) is 22.6 Å². The van der Waals surface area contributed by atoms with Gasteiger partial charge in [-0.2, -0.15) is 0 Å². The smallest absolute Gasteiger partial charge is 0.145 e. The lowest BCUT2D eigenvalue weighted by Crippen LogP contribution is -1.83. The van der Waals surface area contributed by atoms with Crippen molar-refractivity contribution in [2.45, 2.75) is 0 Å². The zero-order valence-electron chi connectivity index (χ0n) is 10.6. The van der Waals surface area contributed by atoms with Crippen LogP contribution in [0.15, 0.2) is 67.0 Å². The van der Waals surface area contributed by atoms with Crippen LogP contribution in [-0.4, -0.2) is 9.38 Å². The molecule has 0 unspecified atom stereocenters. The lowest BCUT2D eigenvalue weighted by molar-refractivity contribution is 1.20. The number of rotatable bonds is 1. The third kappa shape index (κ3) is 1.77. The fourth-order valence-electron chi connectivity index (χ4n) is 2.50. The number of halogens is 1. The Morgan fingerprint density at radius 2 is 1.85 bits per heavy atom. The number of fused-ring (bicyclic) bond motifs is 3. The van der Waals surface area contributed by atoms with Gasteiger partial charge in [0.05, 0.1) is 5.69 Å². The van der Waals surface area contributed by atoms with Crippen molar-refractivity contribution in [1.29, 1.82) is 0 Å². The highest BCUT2D eigenvalue weighted by atomic mass is 35.5. The summed E-state index contributed by atoms with van der Waals surface area (Å²) in [5.74, 6) is 0. The monoisotopic (exact) mass is 278 g/mol. The van der Waals surface area contributed by atoms with Gasteiger partial charge < -0.3 is 4.40 Å². The van der Waals surface area contributed by atoms with Crippen LogP contribution in [0.5, 0.6) is 0 Å². The molecule has 0 radical (unpaired) electrons. The SMILES string of the molecule is Clc1cccc(-c2cn3ccc4ccccc4c3n2)c1. The number of nitrogens with zero attached hydrogens (tertiary/aromatic N) is 2. The van der Waals surface area contributed by atoms with Crippen LogP contribution in [0.25, 0.3) is 27.7 Å². The van der Waals surface area contributed by atoms with Crippen molar-refractivity contribution in [1.82, 2.24) is 9.38 Å². The van der Waals surface area contributed by atoms with Gasteiger partial charge in [0.25, 0.3) is 0 Å². The first-order chi connectivity index (χ1) is 9.81. The van der Waals surface area contributed by atoms with Gasteiger partial charge in [0, 0.05) is 28.4 Å². The van der Waals surface area contributed by atoms with Gasteiger partial charge in [0.1, 0.15) is 5.65 Å². The van der Waals surface area contributed by atoms with Crippen LogP contribution in [0, 0.1) is 0 Å². The Bertz CT molecular complexity index is 924. The molecule has 0 saturated carbocycles. The van der Waals surface area contributed by atoms with Gasteiger partial charge in [-0.3, -0.25) is 0 Å². The van der Waals surface area contributed by atoms with E-state index in [-0.39, 0.29) is 0 Å². The number of benzene rings is 2. The van der Waals surface area contributed by atoms with Crippen LogP contribution in [-0.2, 0) is 0 Å². The van der Waals surface area contributed by atoms with E-state index >= 15 is 0 Å². The number of hydrogen-bond acceptors (Lipinski definition) is 1. The Morgan fingerprint density at radius 1 is 0.950 bits per heavy atom.